The Morgan fingerprint density at radius 1 is 1.45 bits per heavy atom. The van der Waals surface area contributed by atoms with E-state index in [2.05, 4.69) is 25.3 Å². The molecular weight excluding hydrogens is 284 g/mol. The summed E-state index contributed by atoms with van der Waals surface area (Å²) in [7, 11) is -2.45. The maximum absolute atomic E-state index is 12.3. The first-order valence-electron chi connectivity index (χ1n) is 5.63. The Balaban J connectivity index is 2.33. The van der Waals surface area contributed by atoms with Gasteiger partial charge in [-0.05, 0) is 25.1 Å². The molecule has 0 spiro atoms. The molecule has 1 unspecified atom stereocenters. The third-order valence-corrected chi connectivity index (χ3v) is 4.12. The van der Waals surface area contributed by atoms with E-state index in [1.165, 1.54) is 19.2 Å². The Labute approximate surface area is 115 Å². The van der Waals surface area contributed by atoms with E-state index in [1.54, 1.807) is 13.0 Å². The first kappa shape index (κ1) is 14.2. The van der Waals surface area contributed by atoms with Crippen LogP contribution in [-0.2, 0) is 10.0 Å². The van der Waals surface area contributed by atoms with Gasteiger partial charge in [-0.2, -0.15) is 5.21 Å². The van der Waals surface area contributed by atoms with Gasteiger partial charge in [0, 0.05) is 5.69 Å². The van der Waals surface area contributed by atoms with Crippen LogP contribution in [-0.4, -0.2) is 36.2 Å². The van der Waals surface area contributed by atoms with Crippen LogP contribution >= 0.6 is 0 Å². The summed E-state index contributed by atoms with van der Waals surface area (Å²) in [6.07, 6.45) is 0. The number of ether oxygens (including phenoxy) is 1. The van der Waals surface area contributed by atoms with Gasteiger partial charge < -0.3 is 10.5 Å². The monoisotopic (exact) mass is 298 g/mol. The van der Waals surface area contributed by atoms with Crippen molar-refractivity contribution in [2.24, 2.45) is 0 Å². The lowest BCUT2D eigenvalue weighted by atomic mass is 10.3. The molecule has 0 aliphatic carbocycles. The summed E-state index contributed by atoms with van der Waals surface area (Å²) in [6.45, 7) is 1.60. The summed E-state index contributed by atoms with van der Waals surface area (Å²) in [5.74, 6) is 0.434. The number of aromatic amines is 1. The number of nitrogens with zero attached hydrogens (tertiary/aromatic N) is 3. The Hall–Kier alpha value is -2.20. The average molecular weight is 298 g/mol. The highest BCUT2D eigenvalue weighted by atomic mass is 32.2. The Morgan fingerprint density at radius 3 is 2.80 bits per heavy atom. The van der Waals surface area contributed by atoms with Crippen LogP contribution in [0, 0.1) is 0 Å². The van der Waals surface area contributed by atoms with Crippen LogP contribution in [0.3, 0.4) is 0 Å². The number of hydrogen-bond acceptors (Lipinski definition) is 7. The van der Waals surface area contributed by atoms with Gasteiger partial charge in [-0.15, -0.1) is 10.2 Å². The minimum Gasteiger partial charge on any atom is -0.495 e. The van der Waals surface area contributed by atoms with Crippen molar-refractivity contribution >= 4 is 15.7 Å². The number of H-pyrrole nitrogens is 1. The van der Waals surface area contributed by atoms with Crippen LogP contribution in [0.25, 0.3) is 0 Å². The maximum atomic E-state index is 12.3. The number of hydrogen-bond donors (Lipinski definition) is 3. The molecule has 2 aromatic rings. The van der Waals surface area contributed by atoms with Crippen LogP contribution in [0.4, 0.5) is 5.69 Å². The lowest BCUT2D eigenvalue weighted by molar-refractivity contribution is 0.402. The number of aromatic nitrogens is 4. The minimum absolute atomic E-state index is 0.0460. The third-order valence-electron chi connectivity index (χ3n) is 2.56. The van der Waals surface area contributed by atoms with E-state index in [1.807, 2.05) is 0 Å². The number of benzene rings is 1. The van der Waals surface area contributed by atoms with Crippen LogP contribution in [0.2, 0.25) is 0 Å². The number of methoxy groups -OCH3 is 1. The summed E-state index contributed by atoms with van der Waals surface area (Å²) >= 11 is 0. The molecule has 0 saturated carbocycles. The molecule has 0 radical (unpaired) electrons. The van der Waals surface area contributed by atoms with Crippen molar-refractivity contribution in [3.05, 3.63) is 24.0 Å². The number of anilines is 1. The van der Waals surface area contributed by atoms with Crippen LogP contribution in [0.5, 0.6) is 5.75 Å². The summed E-state index contributed by atoms with van der Waals surface area (Å²) in [4.78, 5) is -0.0460. The molecule has 108 valence electrons. The molecule has 9 nitrogen and oxygen atoms in total. The number of rotatable bonds is 5. The largest absolute Gasteiger partial charge is 0.495 e. The highest BCUT2D eigenvalue weighted by Crippen LogP contribution is 2.26. The zero-order valence-corrected chi connectivity index (χ0v) is 11.7. The van der Waals surface area contributed by atoms with Crippen molar-refractivity contribution in [2.75, 3.05) is 12.8 Å². The summed E-state index contributed by atoms with van der Waals surface area (Å²) in [6, 6.07) is 3.72. The normalized spacial score (nSPS) is 13.1. The molecule has 0 saturated heterocycles. The van der Waals surface area contributed by atoms with Crippen LogP contribution in [0.1, 0.15) is 18.8 Å². The van der Waals surface area contributed by atoms with Gasteiger partial charge >= 0.3 is 0 Å². The molecule has 1 aromatic carbocycles. The molecular formula is C10H14N6O3S. The van der Waals surface area contributed by atoms with Crippen molar-refractivity contribution in [3.8, 4) is 5.75 Å². The molecule has 0 bridgehead atoms. The Kier molecular flexibility index (Phi) is 3.86. The molecule has 0 fully saturated rings. The molecule has 0 amide bonds. The van der Waals surface area contributed by atoms with Crippen molar-refractivity contribution < 1.29 is 13.2 Å². The fourth-order valence-electron chi connectivity index (χ4n) is 1.61. The minimum atomic E-state index is -3.83. The van der Waals surface area contributed by atoms with E-state index in [-0.39, 0.29) is 16.5 Å². The van der Waals surface area contributed by atoms with E-state index in [4.69, 9.17) is 10.5 Å². The maximum Gasteiger partial charge on any atom is 0.244 e. The molecule has 1 heterocycles. The van der Waals surface area contributed by atoms with E-state index >= 15 is 0 Å². The van der Waals surface area contributed by atoms with Crippen molar-refractivity contribution in [1.82, 2.24) is 25.3 Å². The molecule has 0 aliphatic rings. The van der Waals surface area contributed by atoms with Crippen LogP contribution in [0.15, 0.2) is 23.1 Å². The second kappa shape index (κ2) is 5.43. The van der Waals surface area contributed by atoms with Gasteiger partial charge in [-0.3, -0.25) is 0 Å². The van der Waals surface area contributed by atoms with Crippen molar-refractivity contribution in [1.29, 1.82) is 0 Å². The van der Waals surface area contributed by atoms with Gasteiger partial charge in [0.15, 0.2) is 5.82 Å². The summed E-state index contributed by atoms with van der Waals surface area (Å²) < 4.78 is 32.1. The molecule has 1 aromatic heterocycles. The standard InChI is InChI=1S/C10H14N6O3S/c1-6(10-12-15-16-13-10)14-20(17,18)9-5-7(11)3-4-8(9)19-2/h3-6,14H,11H2,1-2H3,(H,12,13,15,16). The molecule has 0 aliphatic heterocycles. The van der Waals surface area contributed by atoms with Crippen molar-refractivity contribution in [3.63, 3.8) is 0 Å². The van der Waals surface area contributed by atoms with Crippen LogP contribution < -0.4 is 15.2 Å². The number of nitrogens with one attached hydrogen (secondary N) is 2. The summed E-state index contributed by atoms with van der Waals surface area (Å²) in [5, 5.41) is 13.1. The predicted octanol–water partition coefficient (Wildman–Crippen LogP) is -0.170. The summed E-state index contributed by atoms with van der Waals surface area (Å²) in [5.41, 5.74) is 5.93. The van der Waals surface area contributed by atoms with E-state index in [0.717, 1.165) is 0 Å². The molecule has 20 heavy (non-hydrogen) atoms. The van der Waals surface area contributed by atoms with Gasteiger partial charge in [0.25, 0.3) is 0 Å². The fraction of sp³-hybridized carbons (Fsp3) is 0.300. The highest BCUT2D eigenvalue weighted by Gasteiger charge is 2.24. The fourth-order valence-corrected chi connectivity index (χ4v) is 3.01. The Bertz CT molecular complexity index is 685. The molecule has 1 atom stereocenters. The number of tetrazole rings is 1. The van der Waals surface area contributed by atoms with Gasteiger partial charge in [0.05, 0.1) is 13.2 Å². The van der Waals surface area contributed by atoms with E-state index in [0.29, 0.717) is 5.69 Å². The SMILES string of the molecule is COc1ccc(N)cc1S(=O)(=O)NC(C)c1nn[nH]n1. The van der Waals surface area contributed by atoms with Gasteiger partial charge in [-0.1, -0.05) is 5.21 Å². The molecule has 10 heteroatoms. The zero-order chi connectivity index (χ0) is 14.8. The second-order valence-corrected chi connectivity index (χ2v) is 5.71. The lowest BCUT2D eigenvalue weighted by Crippen LogP contribution is -2.28. The van der Waals surface area contributed by atoms with E-state index in [9.17, 15) is 8.42 Å². The van der Waals surface area contributed by atoms with Crippen molar-refractivity contribution in [2.45, 2.75) is 17.9 Å². The average Bonchev–Trinajstić information content (AvgIpc) is 2.92. The molecule has 2 rings (SSSR count). The zero-order valence-electron chi connectivity index (χ0n) is 10.9. The van der Waals surface area contributed by atoms with E-state index < -0.39 is 16.1 Å². The smallest absolute Gasteiger partial charge is 0.244 e. The number of sulfonamides is 1. The third kappa shape index (κ3) is 2.86. The predicted molar refractivity (Wildman–Crippen MR) is 70.3 cm³/mol. The first-order valence-corrected chi connectivity index (χ1v) is 7.11. The second-order valence-electron chi connectivity index (χ2n) is 4.02. The number of nitrogen functional groups attached to an aromatic ring is 1. The quantitative estimate of drug-likeness (QED) is 0.652. The number of nitrogens with two attached hydrogens (primary N) is 1. The van der Waals surface area contributed by atoms with Gasteiger partial charge in [-0.25, -0.2) is 13.1 Å². The van der Waals surface area contributed by atoms with Gasteiger partial charge in [0.1, 0.15) is 10.6 Å². The highest BCUT2D eigenvalue weighted by molar-refractivity contribution is 7.89. The van der Waals surface area contributed by atoms with Gasteiger partial charge in [0.2, 0.25) is 10.0 Å². The molecule has 4 N–H and O–H groups in total. The topological polar surface area (TPSA) is 136 Å². The Morgan fingerprint density at radius 2 is 2.20 bits per heavy atom. The first-order chi connectivity index (χ1) is 9.44. The lowest BCUT2D eigenvalue weighted by Gasteiger charge is -2.13.